The normalized spacial score (nSPS) is 19.2. The SMILES string of the molecule is O=S1(=O)Cc2ccc1cc2. The van der Waals surface area contributed by atoms with Crippen LogP contribution in [0.1, 0.15) is 5.56 Å². The number of hydrogen-bond acceptors (Lipinski definition) is 2. The van der Waals surface area contributed by atoms with Crippen molar-refractivity contribution in [3.05, 3.63) is 29.8 Å². The molecule has 0 atom stereocenters. The molecule has 2 bridgehead atoms. The third-order valence-electron chi connectivity index (χ3n) is 1.64. The Morgan fingerprint density at radius 3 is 1.90 bits per heavy atom. The molecule has 0 unspecified atom stereocenters. The van der Waals surface area contributed by atoms with E-state index in [0.717, 1.165) is 5.56 Å². The third kappa shape index (κ3) is 0.671. The molecule has 0 aliphatic carbocycles. The molecule has 10 heavy (non-hydrogen) atoms. The first-order chi connectivity index (χ1) is 4.68. The average molecular weight is 154 g/mol. The number of hydrogen-bond donors (Lipinski definition) is 0. The van der Waals surface area contributed by atoms with Gasteiger partial charge >= 0.3 is 0 Å². The molecule has 1 aromatic rings. The van der Waals surface area contributed by atoms with Crippen LogP contribution in [-0.4, -0.2) is 8.42 Å². The van der Waals surface area contributed by atoms with E-state index >= 15 is 0 Å². The fourth-order valence-corrected chi connectivity index (χ4v) is 2.44. The fourth-order valence-electron chi connectivity index (χ4n) is 1.10. The quantitative estimate of drug-likeness (QED) is 0.558. The summed E-state index contributed by atoms with van der Waals surface area (Å²) in [6.45, 7) is 0. The molecule has 3 heteroatoms. The molecule has 2 aliphatic heterocycles. The van der Waals surface area contributed by atoms with Gasteiger partial charge < -0.3 is 0 Å². The van der Waals surface area contributed by atoms with E-state index < -0.39 is 9.84 Å². The Morgan fingerprint density at radius 1 is 1.10 bits per heavy atom. The van der Waals surface area contributed by atoms with Crippen LogP contribution in [0.5, 0.6) is 0 Å². The molecule has 0 radical (unpaired) electrons. The molecule has 0 spiro atoms. The smallest absolute Gasteiger partial charge is 0.182 e. The zero-order valence-electron chi connectivity index (χ0n) is 5.24. The van der Waals surface area contributed by atoms with Crippen molar-refractivity contribution in [3.8, 4) is 0 Å². The number of sulfone groups is 1. The molecule has 0 saturated heterocycles. The van der Waals surface area contributed by atoms with Crippen LogP contribution in [-0.2, 0) is 15.6 Å². The number of rotatable bonds is 0. The minimum absolute atomic E-state index is 0.190. The van der Waals surface area contributed by atoms with Gasteiger partial charge in [0, 0.05) is 0 Å². The monoisotopic (exact) mass is 154 g/mol. The lowest BCUT2D eigenvalue weighted by Gasteiger charge is -2.10. The fraction of sp³-hybridized carbons (Fsp3) is 0.143. The summed E-state index contributed by atoms with van der Waals surface area (Å²) < 4.78 is 22.2. The molecule has 0 aromatic heterocycles. The van der Waals surface area contributed by atoms with E-state index in [-0.39, 0.29) is 5.75 Å². The van der Waals surface area contributed by atoms with Gasteiger partial charge in [0.1, 0.15) is 0 Å². The number of benzene rings is 1. The van der Waals surface area contributed by atoms with Gasteiger partial charge in [-0.15, -0.1) is 0 Å². The predicted molar refractivity (Wildman–Crippen MR) is 37.3 cm³/mol. The molecule has 2 heterocycles. The molecule has 0 amide bonds. The van der Waals surface area contributed by atoms with Crippen molar-refractivity contribution in [1.82, 2.24) is 0 Å². The van der Waals surface area contributed by atoms with E-state index in [4.69, 9.17) is 0 Å². The summed E-state index contributed by atoms with van der Waals surface area (Å²) in [5, 5.41) is 0. The summed E-state index contributed by atoms with van der Waals surface area (Å²) in [6, 6.07) is 6.98. The summed E-state index contributed by atoms with van der Waals surface area (Å²) in [4.78, 5) is 0.447. The second-order valence-electron chi connectivity index (χ2n) is 2.40. The maximum Gasteiger partial charge on any atom is 0.182 e. The summed E-state index contributed by atoms with van der Waals surface area (Å²) in [5.41, 5.74) is 0.884. The Balaban J connectivity index is 2.85. The second-order valence-corrected chi connectivity index (χ2v) is 4.39. The minimum Gasteiger partial charge on any atom is -0.223 e. The van der Waals surface area contributed by atoms with Gasteiger partial charge in [0.25, 0.3) is 0 Å². The van der Waals surface area contributed by atoms with Gasteiger partial charge in [-0.2, -0.15) is 0 Å². The molecule has 0 fully saturated rings. The third-order valence-corrected chi connectivity index (χ3v) is 3.34. The molecule has 3 rings (SSSR count). The predicted octanol–water partition coefficient (Wildman–Crippen LogP) is 0.974. The summed E-state index contributed by atoms with van der Waals surface area (Å²) >= 11 is 0. The Bertz CT molecular complexity index is 348. The molecule has 0 saturated carbocycles. The highest BCUT2D eigenvalue weighted by molar-refractivity contribution is 7.90. The van der Waals surface area contributed by atoms with E-state index in [1.807, 2.05) is 12.1 Å². The Hall–Kier alpha value is -0.830. The van der Waals surface area contributed by atoms with E-state index in [9.17, 15) is 8.42 Å². The van der Waals surface area contributed by atoms with Gasteiger partial charge in [-0.25, -0.2) is 8.42 Å². The minimum atomic E-state index is -2.92. The topological polar surface area (TPSA) is 34.1 Å². The van der Waals surface area contributed by atoms with Crippen molar-refractivity contribution in [3.63, 3.8) is 0 Å². The average Bonchev–Trinajstić information content (AvgIpc) is 1.87. The maximum absolute atomic E-state index is 11.1. The number of fused-ring (bicyclic) bond motifs is 3. The summed E-state index contributed by atoms with van der Waals surface area (Å²) in [5.74, 6) is 0.190. The molecule has 2 nitrogen and oxygen atoms in total. The van der Waals surface area contributed by atoms with Crippen molar-refractivity contribution in [2.45, 2.75) is 10.6 Å². The van der Waals surface area contributed by atoms with Gasteiger partial charge in [0.05, 0.1) is 10.6 Å². The first-order valence-electron chi connectivity index (χ1n) is 3.00. The summed E-state index contributed by atoms with van der Waals surface area (Å²) in [6.07, 6.45) is 0. The van der Waals surface area contributed by atoms with Crippen LogP contribution in [0, 0.1) is 0 Å². The zero-order chi connectivity index (χ0) is 7.19. The second kappa shape index (κ2) is 1.61. The van der Waals surface area contributed by atoms with Crippen LogP contribution >= 0.6 is 0 Å². The van der Waals surface area contributed by atoms with Crippen LogP contribution in [0.3, 0.4) is 0 Å². The lowest BCUT2D eigenvalue weighted by molar-refractivity contribution is 0.593. The molecular weight excluding hydrogens is 148 g/mol. The van der Waals surface area contributed by atoms with Crippen molar-refractivity contribution < 1.29 is 8.42 Å². The van der Waals surface area contributed by atoms with Crippen molar-refractivity contribution in [1.29, 1.82) is 0 Å². The molecule has 2 aliphatic rings. The standard InChI is InChI=1S/C7H6O2S/c8-10(9)5-6-1-3-7(10)4-2-6/h1-4H,5H2. The van der Waals surface area contributed by atoms with Gasteiger partial charge in [0.2, 0.25) is 0 Å². The van der Waals surface area contributed by atoms with Gasteiger partial charge in [-0.1, -0.05) is 12.1 Å². The van der Waals surface area contributed by atoms with Crippen molar-refractivity contribution in [2.24, 2.45) is 0 Å². The van der Waals surface area contributed by atoms with E-state index in [0.29, 0.717) is 4.90 Å². The van der Waals surface area contributed by atoms with Crippen LogP contribution < -0.4 is 0 Å². The Kier molecular flexibility index (Phi) is 0.951. The van der Waals surface area contributed by atoms with Gasteiger partial charge in [0.15, 0.2) is 9.84 Å². The van der Waals surface area contributed by atoms with Gasteiger partial charge in [-0.05, 0) is 17.7 Å². The largest absolute Gasteiger partial charge is 0.223 e. The highest BCUT2D eigenvalue weighted by atomic mass is 32.2. The van der Waals surface area contributed by atoms with E-state index in [1.165, 1.54) is 0 Å². The molecule has 1 aromatic carbocycles. The van der Waals surface area contributed by atoms with Crippen LogP contribution in [0.4, 0.5) is 0 Å². The molecule has 52 valence electrons. The Labute approximate surface area is 59.4 Å². The first kappa shape index (κ1) is 5.92. The van der Waals surface area contributed by atoms with Crippen LogP contribution in [0.2, 0.25) is 0 Å². The van der Waals surface area contributed by atoms with Crippen LogP contribution in [0.15, 0.2) is 29.2 Å². The zero-order valence-corrected chi connectivity index (χ0v) is 6.06. The van der Waals surface area contributed by atoms with Crippen molar-refractivity contribution >= 4 is 9.84 Å². The van der Waals surface area contributed by atoms with Gasteiger partial charge in [-0.3, -0.25) is 0 Å². The molecule has 0 N–H and O–H groups in total. The summed E-state index contributed by atoms with van der Waals surface area (Å²) in [7, 11) is -2.92. The van der Waals surface area contributed by atoms with Crippen molar-refractivity contribution in [2.75, 3.05) is 0 Å². The lowest BCUT2D eigenvalue weighted by Crippen LogP contribution is -2.09. The highest BCUT2D eigenvalue weighted by Gasteiger charge is 2.19. The lowest BCUT2D eigenvalue weighted by atomic mass is 10.2. The highest BCUT2D eigenvalue weighted by Crippen LogP contribution is 2.22. The Morgan fingerprint density at radius 2 is 1.70 bits per heavy atom. The maximum atomic E-state index is 11.1. The first-order valence-corrected chi connectivity index (χ1v) is 4.65. The van der Waals surface area contributed by atoms with Crippen LogP contribution in [0.25, 0.3) is 0 Å². The van der Waals surface area contributed by atoms with E-state index in [1.54, 1.807) is 12.1 Å². The van der Waals surface area contributed by atoms with E-state index in [2.05, 4.69) is 0 Å². The molecular formula is C7H6O2S.